The van der Waals surface area contributed by atoms with Crippen molar-refractivity contribution in [3.05, 3.63) is 66.4 Å². The fourth-order valence-corrected chi connectivity index (χ4v) is 2.29. The van der Waals surface area contributed by atoms with Gasteiger partial charge in [0, 0.05) is 11.8 Å². The molecule has 0 saturated heterocycles. The molecule has 3 rings (SSSR count). The summed E-state index contributed by atoms with van der Waals surface area (Å²) in [6.07, 6.45) is 1.58. The van der Waals surface area contributed by atoms with Gasteiger partial charge in [-0.3, -0.25) is 0 Å². The second kappa shape index (κ2) is 7.41. The van der Waals surface area contributed by atoms with E-state index in [4.69, 9.17) is 4.74 Å². The van der Waals surface area contributed by atoms with E-state index in [2.05, 4.69) is 44.9 Å². The van der Waals surface area contributed by atoms with Crippen LogP contribution < -0.4 is 15.4 Å². The molecule has 0 saturated carbocycles. The van der Waals surface area contributed by atoms with Gasteiger partial charge in [-0.2, -0.15) is 10.1 Å². The monoisotopic (exact) mass is 321 g/mol. The Morgan fingerprint density at radius 1 is 1.04 bits per heavy atom. The highest BCUT2D eigenvalue weighted by molar-refractivity contribution is 5.58. The number of anilines is 3. The summed E-state index contributed by atoms with van der Waals surface area (Å²) in [5.74, 6) is 1.86. The van der Waals surface area contributed by atoms with Gasteiger partial charge >= 0.3 is 0 Å². The summed E-state index contributed by atoms with van der Waals surface area (Å²) in [7, 11) is 1.64. The lowest BCUT2D eigenvalue weighted by atomic mass is 10.1. The second-order valence-corrected chi connectivity index (χ2v) is 5.30. The number of hydrogen-bond acceptors (Lipinski definition) is 6. The molecule has 0 aliphatic carbocycles. The zero-order valence-corrected chi connectivity index (χ0v) is 13.6. The number of nitrogens with one attached hydrogen (secondary N) is 2. The maximum Gasteiger partial charge on any atom is 0.245 e. The number of rotatable bonds is 6. The Hall–Kier alpha value is -3.15. The van der Waals surface area contributed by atoms with E-state index < -0.39 is 0 Å². The topological polar surface area (TPSA) is 72.0 Å². The van der Waals surface area contributed by atoms with E-state index in [-0.39, 0.29) is 6.04 Å². The SMILES string of the molecule is COc1cccc(Nc2cnnc(NC(C)c3ccccc3)n2)c1. The number of methoxy groups -OCH3 is 1. The smallest absolute Gasteiger partial charge is 0.245 e. The molecular weight excluding hydrogens is 302 g/mol. The van der Waals surface area contributed by atoms with E-state index in [1.54, 1.807) is 13.3 Å². The van der Waals surface area contributed by atoms with Crippen molar-refractivity contribution in [2.75, 3.05) is 17.7 Å². The third-order valence-electron chi connectivity index (χ3n) is 3.55. The van der Waals surface area contributed by atoms with Crippen LogP contribution in [0.4, 0.5) is 17.5 Å². The van der Waals surface area contributed by atoms with Gasteiger partial charge in [-0.15, -0.1) is 5.10 Å². The molecule has 24 heavy (non-hydrogen) atoms. The number of benzene rings is 2. The molecule has 2 N–H and O–H groups in total. The first-order valence-electron chi connectivity index (χ1n) is 7.67. The van der Waals surface area contributed by atoms with Gasteiger partial charge in [0.15, 0.2) is 5.82 Å². The molecule has 0 aliphatic rings. The summed E-state index contributed by atoms with van der Waals surface area (Å²) in [6, 6.07) is 17.8. The summed E-state index contributed by atoms with van der Waals surface area (Å²) in [5, 5.41) is 14.5. The molecule has 0 bridgehead atoms. The van der Waals surface area contributed by atoms with Gasteiger partial charge in [0.1, 0.15) is 5.75 Å². The fraction of sp³-hybridized carbons (Fsp3) is 0.167. The lowest BCUT2D eigenvalue weighted by molar-refractivity contribution is 0.415. The first-order chi connectivity index (χ1) is 11.7. The highest BCUT2D eigenvalue weighted by atomic mass is 16.5. The van der Waals surface area contributed by atoms with Crippen LogP contribution >= 0.6 is 0 Å². The van der Waals surface area contributed by atoms with Crippen molar-refractivity contribution in [3.8, 4) is 5.75 Å². The van der Waals surface area contributed by atoms with Gasteiger partial charge in [0.05, 0.1) is 19.3 Å². The summed E-state index contributed by atoms with van der Waals surface area (Å²) in [6.45, 7) is 2.06. The van der Waals surface area contributed by atoms with E-state index in [0.717, 1.165) is 17.0 Å². The molecule has 2 aromatic carbocycles. The van der Waals surface area contributed by atoms with E-state index in [0.29, 0.717) is 11.8 Å². The predicted octanol–water partition coefficient (Wildman–Crippen LogP) is 3.80. The highest BCUT2D eigenvalue weighted by Crippen LogP contribution is 2.21. The van der Waals surface area contributed by atoms with Crippen molar-refractivity contribution < 1.29 is 4.74 Å². The van der Waals surface area contributed by atoms with Crippen molar-refractivity contribution in [3.63, 3.8) is 0 Å². The summed E-state index contributed by atoms with van der Waals surface area (Å²) in [5.41, 5.74) is 2.03. The van der Waals surface area contributed by atoms with Gasteiger partial charge < -0.3 is 15.4 Å². The third kappa shape index (κ3) is 3.98. The van der Waals surface area contributed by atoms with Crippen molar-refractivity contribution in [2.24, 2.45) is 0 Å². The normalized spacial score (nSPS) is 11.6. The molecule has 1 heterocycles. The van der Waals surface area contributed by atoms with E-state index in [1.807, 2.05) is 42.5 Å². The van der Waals surface area contributed by atoms with Crippen LogP contribution in [0.1, 0.15) is 18.5 Å². The third-order valence-corrected chi connectivity index (χ3v) is 3.55. The van der Waals surface area contributed by atoms with Crippen LogP contribution in [0.2, 0.25) is 0 Å². The molecule has 0 amide bonds. The molecule has 6 heteroatoms. The molecule has 3 aromatic rings. The molecule has 122 valence electrons. The lowest BCUT2D eigenvalue weighted by Gasteiger charge is -2.14. The van der Waals surface area contributed by atoms with Gasteiger partial charge in [-0.1, -0.05) is 36.4 Å². The van der Waals surface area contributed by atoms with Crippen molar-refractivity contribution in [1.29, 1.82) is 0 Å². The Balaban J connectivity index is 1.72. The standard InChI is InChI=1S/C18H19N5O/c1-13(14-7-4-3-5-8-14)20-18-22-17(12-19-23-18)21-15-9-6-10-16(11-15)24-2/h3-13H,1-2H3,(H2,20,21,22,23). The average molecular weight is 321 g/mol. The minimum absolute atomic E-state index is 0.0834. The zero-order valence-electron chi connectivity index (χ0n) is 13.6. The first kappa shape index (κ1) is 15.7. The van der Waals surface area contributed by atoms with Crippen LogP contribution in [0.5, 0.6) is 5.75 Å². The number of ether oxygens (including phenoxy) is 1. The number of aromatic nitrogens is 3. The molecule has 0 radical (unpaired) electrons. The van der Waals surface area contributed by atoms with Gasteiger partial charge in [-0.05, 0) is 24.6 Å². The first-order valence-corrected chi connectivity index (χ1v) is 7.67. The van der Waals surface area contributed by atoms with Crippen LogP contribution in [-0.2, 0) is 0 Å². The maximum atomic E-state index is 5.22. The predicted molar refractivity (Wildman–Crippen MR) is 94.6 cm³/mol. The van der Waals surface area contributed by atoms with E-state index >= 15 is 0 Å². The molecule has 0 fully saturated rings. The average Bonchev–Trinajstić information content (AvgIpc) is 2.63. The molecule has 1 aromatic heterocycles. The van der Waals surface area contributed by atoms with Gasteiger partial charge in [0.2, 0.25) is 5.95 Å². The van der Waals surface area contributed by atoms with Crippen LogP contribution in [0.25, 0.3) is 0 Å². The lowest BCUT2D eigenvalue weighted by Crippen LogP contribution is -2.10. The van der Waals surface area contributed by atoms with Crippen LogP contribution in [0, 0.1) is 0 Å². The van der Waals surface area contributed by atoms with Gasteiger partial charge in [-0.25, -0.2) is 0 Å². The molecular formula is C18H19N5O. The van der Waals surface area contributed by atoms with Crippen molar-refractivity contribution >= 4 is 17.5 Å². The Morgan fingerprint density at radius 2 is 1.88 bits per heavy atom. The van der Waals surface area contributed by atoms with Crippen LogP contribution in [0.15, 0.2) is 60.8 Å². The molecule has 1 unspecified atom stereocenters. The van der Waals surface area contributed by atoms with E-state index in [1.165, 1.54) is 0 Å². The Bertz CT molecular complexity index is 794. The van der Waals surface area contributed by atoms with Crippen LogP contribution in [0.3, 0.4) is 0 Å². The Kier molecular flexibility index (Phi) is 4.86. The largest absolute Gasteiger partial charge is 0.497 e. The highest BCUT2D eigenvalue weighted by Gasteiger charge is 2.08. The van der Waals surface area contributed by atoms with Gasteiger partial charge in [0.25, 0.3) is 0 Å². The summed E-state index contributed by atoms with van der Waals surface area (Å²) < 4.78 is 5.22. The summed E-state index contributed by atoms with van der Waals surface area (Å²) in [4.78, 5) is 4.45. The maximum absolute atomic E-state index is 5.22. The Morgan fingerprint density at radius 3 is 2.67 bits per heavy atom. The minimum atomic E-state index is 0.0834. The van der Waals surface area contributed by atoms with Crippen molar-refractivity contribution in [1.82, 2.24) is 15.2 Å². The number of nitrogens with zero attached hydrogens (tertiary/aromatic N) is 3. The molecule has 6 nitrogen and oxygen atoms in total. The quantitative estimate of drug-likeness (QED) is 0.719. The molecule has 0 aliphatic heterocycles. The number of hydrogen-bond donors (Lipinski definition) is 2. The Labute approximate surface area is 140 Å². The van der Waals surface area contributed by atoms with Crippen molar-refractivity contribution in [2.45, 2.75) is 13.0 Å². The zero-order chi connectivity index (χ0) is 16.8. The molecule has 0 spiro atoms. The summed E-state index contributed by atoms with van der Waals surface area (Å²) >= 11 is 0. The second-order valence-electron chi connectivity index (χ2n) is 5.30. The minimum Gasteiger partial charge on any atom is -0.497 e. The van der Waals surface area contributed by atoms with E-state index in [9.17, 15) is 0 Å². The van der Waals surface area contributed by atoms with Crippen LogP contribution in [-0.4, -0.2) is 22.3 Å². The fourth-order valence-electron chi connectivity index (χ4n) is 2.29. The molecule has 1 atom stereocenters.